The second-order valence-electron chi connectivity index (χ2n) is 4.66. The van der Waals surface area contributed by atoms with Crippen LogP contribution in [-0.2, 0) is 6.42 Å². The lowest BCUT2D eigenvalue weighted by atomic mass is 10.0. The maximum Gasteiger partial charge on any atom is 0.256 e. The predicted octanol–water partition coefficient (Wildman–Crippen LogP) is 2.61. The molecule has 4 nitrogen and oxygen atoms in total. The lowest BCUT2D eigenvalue weighted by Crippen LogP contribution is -2.38. The number of aromatic nitrogens is 1. The van der Waals surface area contributed by atoms with E-state index in [1.165, 1.54) is 28.9 Å². The molecule has 0 fully saturated rings. The van der Waals surface area contributed by atoms with E-state index in [0.29, 0.717) is 12.1 Å². The van der Waals surface area contributed by atoms with Crippen LogP contribution in [0.1, 0.15) is 33.8 Å². The van der Waals surface area contributed by atoms with Crippen LogP contribution in [0.15, 0.2) is 29.9 Å². The molecule has 0 bridgehead atoms. The Balaban J connectivity index is 1.90. The number of pyridine rings is 1. The number of carbonyl (C=O) groups excluding carboxylic acids is 1. The number of thiophene rings is 1. The fourth-order valence-electron chi connectivity index (χ4n) is 2.50. The first-order valence-electron chi connectivity index (χ1n) is 6.18. The standard InChI is InChI=1S/C14H14N2O2S/c1-9-12-3-5-19-13(12)2-4-16(9)14(18)10-6-11(17)8-15-7-10/h3,5-9,17H,2,4H2,1H3. The van der Waals surface area contributed by atoms with Gasteiger partial charge in [0.15, 0.2) is 0 Å². The van der Waals surface area contributed by atoms with Gasteiger partial charge in [-0.2, -0.15) is 0 Å². The highest BCUT2D eigenvalue weighted by Crippen LogP contribution is 2.33. The molecule has 2 aromatic rings. The summed E-state index contributed by atoms with van der Waals surface area (Å²) in [6, 6.07) is 3.63. The second kappa shape index (κ2) is 4.66. The van der Waals surface area contributed by atoms with Gasteiger partial charge in [0.25, 0.3) is 5.91 Å². The number of nitrogens with zero attached hydrogens (tertiary/aromatic N) is 2. The quantitative estimate of drug-likeness (QED) is 0.869. The third-order valence-corrected chi connectivity index (χ3v) is 4.51. The topological polar surface area (TPSA) is 53.4 Å². The molecule has 98 valence electrons. The van der Waals surface area contributed by atoms with Crippen molar-refractivity contribution in [3.63, 3.8) is 0 Å². The van der Waals surface area contributed by atoms with Gasteiger partial charge in [0.1, 0.15) is 5.75 Å². The molecule has 0 saturated heterocycles. The van der Waals surface area contributed by atoms with Crippen LogP contribution in [0, 0.1) is 0 Å². The maximum absolute atomic E-state index is 12.5. The molecule has 1 aliphatic rings. The Labute approximate surface area is 115 Å². The fraction of sp³-hybridized carbons (Fsp3) is 0.286. The SMILES string of the molecule is CC1c2ccsc2CCN1C(=O)c1cncc(O)c1. The summed E-state index contributed by atoms with van der Waals surface area (Å²) < 4.78 is 0. The van der Waals surface area contributed by atoms with Gasteiger partial charge in [-0.3, -0.25) is 9.78 Å². The molecule has 0 aromatic carbocycles. The molecule has 0 radical (unpaired) electrons. The Morgan fingerprint density at radius 2 is 2.37 bits per heavy atom. The molecule has 0 spiro atoms. The molecule has 5 heteroatoms. The third-order valence-electron chi connectivity index (χ3n) is 3.51. The van der Waals surface area contributed by atoms with Crippen LogP contribution in [-0.4, -0.2) is 27.4 Å². The van der Waals surface area contributed by atoms with Gasteiger partial charge in [-0.25, -0.2) is 0 Å². The zero-order valence-electron chi connectivity index (χ0n) is 10.5. The minimum atomic E-state index is -0.0762. The number of carbonyl (C=O) groups is 1. The van der Waals surface area contributed by atoms with Gasteiger partial charge in [-0.15, -0.1) is 11.3 Å². The molecule has 3 rings (SSSR count). The average Bonchev–Trinajstić information content (AvgIpc) is 2.88. The van der Waals surface area contributed by atoms with E-state index in [1.54, 1.807) is 11.3 Å². The normalized spacial score (nSPS) is 18.2. The molecule has 19 heavy (non-hydrogen) atoms. The number of fused-ring (bicyclic) bond motifs is 1. The Bertz CT molecular complexity index is 623. The minimum absolute atomic E-state index is 0.0201. The van der Waals surface area contributed by atoms with Crippen molar-refractivity contribution in [2.45, 2.75) is 19.4 Å². The molecule has 1 aliphatic heterocycles. The van der Waals surface area contributed by atoms with Crippen molar-refractivity contribution < 1.29 is 9.90 Å². The summed E-state index contributed by atoms with van der Waals surface area (Å²) in [5.41, 5.74) is 1.67. The molecule has 3 heterocycles. The third kappa shape index (κ3) is 2.10. The fourth-order valence-corrected chi connectivity index (χ4v) is 3.46. The minimum Gasteiger partial charge on any atom is -0.506 e. The van der Waals surface area contributed by atoms with Crippen LogP contribution in [0.2, 0.25) is 0 Å². The molecule has 1 unspecified atom stereocenters. The average molecular weight is 274 g/mol. The van der Waals surface area contributed by atoms with E-state index in [0.717, 1.165) is 6.42 Å². The number of amides is 1. The lowest BCUT2D eigenvalue weighted by Gasteiger charge is -2.33. The first-order valence-corrected chi connectivity index (χ1v) is 7.06. The van der Waals surface area contributed by atoms with E-state index in [1.807, 2.05) is 11.8 Å². The van der Waals surface area contributed by atoms with Gasteiger partial charge < -0.3 is 10.0 Å². The summed E-state index contributed by atoms with van der Waals surface area (Å²) in [6.45, 7) is 2.75. The highest BCUT2D eigenvalue weighted by atomic mass is 32.1. The van der Waals surface area contributed by atoms with Gasteiger partial charge in [0.2, 0.25) is 0 Å². The van der Waals surface area contributed by atoms with Crippen molar-refractivity contribution in [1.29, 1.82) is 0 Å². The maximum atomic E-state index is 12.5. The number of rotatable bonds is 1. The number of hydrogen-bond acceptors (Lipinski definition) is 4. The van der Waals surface area contributed by atoms with Crippen LogP contribution in [0.25, 0.3) is 0 Å². The predicted molar refractivity (Wildman–Crippen MR) is 73.4 cm³/mol. The summed E-state index contributed by atoms with van der Waals surface area (Å²) in [5, 5.41) is 11.5. The van der Waals surface area contributed by atoms with Crippen molar-refractivity contribution in [2.75, 3.05) is 6.54 Å². The molecular formula is C14H14N2O2S. The highest BCUT2D eigenvalue weighted by molar-refractivity contribution is 7.10. The van der Waals surface area contributed by atoms with Crippen LogP contribution in [0.3, 0.4) is 0 Å². The zero-order chi connectivity index (χ0) is 13.4. The van der Waals surface area contributed by atoms with E-state index >= 15 is 0 Å². The largest absolute Gasteiger partial charge is 0.506 e. The molecule has 1 N–H and O–H groups in total. The molecule has 0 aliphatic carbocycles. The van der Waals surface area contributed by atoms with E-state index in [9.17, 15) is 9.90 Å². The van der Waals surface area contributed by atoms with E-state index in [2.05, 4.69) is 16.4 Å². The van der Waals surface area contributed by atoms with E-state index in [-0.39, 0.29) is 17.7 Å². The van der Waals surface area contributed by atoms with Crippen molar-refractivity contribution >= 4 is 17.2 Å². The summed E-state index contributed by atoms with van der Waals surface area (Å²) in [7, 11) is 0. The van der Waals surface area contributed by atoms with Gasteiger partial charge in [-0.1, -0.05) is 0 Å². The first-order chi connectivity index (χ1) is 9.16. The molecule has 2 aromatic heterocycles. The highest BCUT2D eigenvalue weighted by Gasteiger charge is 2.29. The van der Waals surface area contributed by atoms with Gasteiger partial charge >= 0.3 is 0 Å². The molecule has 1 atom stereocenters. The Kier molecular flexibility index (Phi) is 2.98. The zero-order valence-corrected chi connectivity index (χ0v) is 11.4. The number of hydrogen-bond donors (Lipinski definition) is 1. The summed E-state index contributed by atoms with van der Waals surface area (Å²) >= 11 is 1.75. The van der Waals surface area contributed by atoms with Crippen molar-refractivity contribution in [3.8, 4) is 5.75 Å². The Morgan fingerprint density at radius 1 is 1.53 bits per heavy atom. The molecular weight excluding hydrogens is 260 g/mol. The van der Waals surface area contributed by atoms with Crippen molar-refractivity contribution in [3.05, 3.63) is 45.9 Å². The smallest absolute Gasteiger partial charge is 0.256 e. The van der Waals surface area contributed by atoms with E-state index in [4.69, 9.17) is 0 Å². The monoisotopic (exact) mass is 274 g/mol. The van der Waals surface area contributed by atoms with Gasteiger partial charge in [0, 0.05) is 17.6 Å². The van der Waals surface area contributed by atoms with Gasteiger partial charge in [0.05, 0.1) is 17.8 Å². The van der Waals surface area contributed by atoms with Crippen molar-refractivity contribution in [2.24, 2.45) is 0 Å². The summed E-state index contributed by atoms with van der Waals surface area (Å²) in [5.74, 6) is -0.0560. The van der Waals surface area contributed by atoms with Crippen molar-refractivity contribution in [1.82, 2.24) is 9.88 Å². The number of aromatic hydroxyl groups is 1. The van der Waals surface area contributed by atoms with E-state index < -0.39 is 0 Å². The summed E-state index contributed by atoms with van der Waals surface area (Å²) in [4.78, 5) is 19.5. The lowest BCUT2D eigenvalue weighted by molar-refractivity contribution is 0.0678. The van der Waals surface area contributed by atoms with Crippen LogP contribution < -0.4 is 0 Å². The molecule has 0 saturated carbocycles. The Hall–Kier alpha value is -1.88. The first kappa shape index (κ1) is 12.2. The second-order valence-corrected chi connectivity index (χ2v) is 5.66. The van der Waals surface area contributed by atoms with Crippen LogP contribution in [0.5, 0.6) is 5.75 Å². The molecule has 1 amide bonds. The van der Waals surface area contributed by atoms with Crippen LogP contribution in [0.4, 0.5) is 0 Å². The van der Waals surface area contributed by atoms with Gasteiger partial charge in [-0.05, 0) is 36.4 Å². The summed E-state index contributed by atoms with van der Waals surface area (Å²) in [6.07, 6.45) is 3.72. The van der Waals surface area contributed by atoms with Crippen LogP contribution >= 0.6 is 11.3 Å². The Morgan fingerprint density at radius 3 is 3.16 bits per heavy atom.